The molecule has 0 radical (unpaired) electrons. The molecule has 0 fully saturated rings. The summed E-state index contributed by atoms with van der Waals surface area (Å²) in [6.45, 7) is 1.86. The van der Waals surface area contributed by atoms with Crippen LogP contribution in [0.1, 0.15) is 10.4 Å². The third-order valence-electron chi connectivity index (χ3n) is 3.17. The summed E-state index contributed by atoms with van der Waals surface area (Å²) in [6.07, 6.45) is 1.17. The van der Waals surface area contributed by atoms with Gasteiger partial charge in [-0.15, -0.1) is 0 Å². The van der Waals surface area contributed by atoms with Crippen molar-refractivity contribution < 1.29 is 13.2 Å². The molecule has 1 amide bonds. The van der Waals surface area contributed by atoms with Gasteiger partial charge in [0.15, 0.2) is 0 Å². The van der Waals surface area contributed by atoms with Crippen LogP contribution in [0.3, 0.4) is 0 Å². The van der Waals surface area contributed by atoms with Crippen molar-refractivity contribution in [1.82, 2.24) is 4.90 Å². The van der Waals surface area contributed by atoms with E-state index in [0.29, 0.717) is 5.56 Å². The Morgan fingerprint density at radius 2 is 1.90 bits per heavy atom. The zero-order chi connectivity index (χ0) is 14.8. The minimum Gasteiger partial charge on any atom is -0.382 e. The molecular weight excluding hydrogens is 278 g/mol. The zero-order valence-corrected chi connectivity index (χ0v) is 12.5. The number of carbonyl (C=O) groups excluding carboxylic acids is 1. The fraction of sp³-hybridized carbons (Fsp3) is 0.462. The first kappa shape index (κ1) is 14.6. The molecule has 0 aliphatic carbocycles. The van der Waals surface area contributed by atoms with Gasteiger partial charge >= 0.3 is 0 Å². The summed E-state index contributed by atoms with van der Waals surface area (Å²) in [4.78, 5) is 13.7. The number of anilines is 2. The average Bonchev–Trinajstić information content (AvgIpc) is 2.42. The normalized spacial score (nSPS) is 13.9. The number of amides is 1. The number of rotatable bonds is 4. The van der Waals surface area contributed by atoms with Gasteiger partial charge in [0.1, 0.15) is 9.84 Å². The van der Waals surface area contributed by atoms with Crippen LogP contribution in [0.15, 0.2) is 18.2 Å². The number of sulfone groups is 1. The third kappa shape index (κ3) is 3.63. The Labute approximate surface area is 119 Å². The highest BCUT2D eigenvalue weighted by atomic mass is 32.2. The molecule has 6 nitrogen and oxygen atoms in total. The summed E-state index contributed by atoms with van der Waals surface area (Å²) in [5.41, 5.74) is 2.43. The molecule has 2 rings (SSSR count). The van der Waals surface area contributed by atoms with Crippen LogP contribution in [0, 0.1) is 0 Å². The van der Waals surface area contributed by atoms with Gasteiger partial charge in [-0.05, 0) is 18.2 Å². The van der Waals surface area contributed by atoms with E-state index in [1.54, 1.807) is 19.2 Å². The summed E-state index contributed by atoms with van der Waals surface area (Å²) in [5, 5.41) is 6.46. The molecule has 0 spiro atoms. The van der Waals surface area contributed by atoms with Gasteiger partial charge in [0.2, 0.25) is 0 Å². The molecular formula is C13H19N3O3S. The van der Waals surface area contributed by atoms with Crippen LogP contribution < -0.4 is 10.6 Å². The Morgan fingerprint density at radius 1 is 1.25 bits per heavy atom. The summed E-state index contributed by atoms with van der Waals surface area (Å²) in [5.74, 6) is -0.205. The number of nitrogens with one attached hydrogen (secondary N) is 2. The van der Waals surface area contributed by atoms with Gasteiger partial charge in [-0.1, -0.05) is 0 Å². The summed E-state index contributed by atoms with van der Waals surface area (Å²) >= 11 is 0. The molecule has 20 heavy (non-hydrogen) atoms. The molecule has 0 bridgehead atoms. The lowest BCUT2D eigenvalue weighted by molar-refractivity contribution is 0.0803. The lowest BCUT2D eigenvalue weighted by Crippen LogP contribution is -2.31. The van der Waals surface area contributed by atoms with Crippen LogP contribution in [0.5, 0.6) is 0 Å². The lowest BCUT2D eigenvalue weighted by Gasteiger charge is -2.22. The van der Waals surface area contributed by atoms with Gasteiger partial charge in [0.25, 0.3) is 5.91 Å². The Balaban J connectivity index is 2.08. The van der Waals surface area contributed by atoms with Gasteiger partial charge < -0.3 is 15.5 Å². The minimum atomic E-state index is -3.07. The molecule has 1 aliphatic rings. The molecule has 1 heterocycles. The Morgan fingerprint density at radius 3 is 2.55 bits per heavy atom. The fourth-order valence-corrected chi connectivity index (χ4v) is 2.60. The van der Waals surface area contributed by atoms with E-state index in [-0.39, 0.29) is 18.2 Å². The van der Waals surface area contributed by atoms with Crippen molar-refractivity contribution in [2.24, 2.45) is 0 Å². The van der Waals surface area contributed by atoms with Gasteiger partial charge in [0, 0.05) is 38.5 Å². The highest BCUT2D eigenvalue weighted by molar-refractivity contribution is 7.90. The maximum Gasteiger partial charge on any atom is 0.253 e. The highest BCUT2D eigenvalue weighted by Crippen LogP contribution is 2.25. The molecule has 0 unspecified atom stereocenters. The molecule has 1 aromatic rings. The molecule has 0 saturated heterocycles. The van der Waals surface area contributed by atoms with Crippen LogP contribution in [-0.4, -0.2) is 57.9 Å². The highest BCUT2D eigenvalue weighted by Gasteiger charge is 2.16. The standard InChI is InChI=1S/C13H19N3O3S/c1-16(7-8-20(2,18)19)13(17)10-3-4-11-12(9-10)15-6-5-14-11/h3-4,9,14-15H,5-8H2,1-2H3. The first-order valence-electron chi connectivity index (χ1n) is 6.42. The van der Waals surface area contributed by atoms with E-state index < -0.39 is 9.84 Å². The van der Waals surface area contributed by atoms with Crippen LogP contribution in [0.4, 0.5) is 11.4 Å². The fourth-order valence-electron chi connectivity index (χ4n) is 2.00. The van der Waals surface area contributed by atoms with E-state index in [0.717, 1.165) is 24.5 Å². The largest absolute Gasteiger partial charge is 0.382 e. The van der Waals surface area contributed by atoms with E-state index in [9.17, 15) is 13.2 Å². The van der Waals surface area contributed by atoms with E-state index in [4.69, 9.17) is 0 Å². The molecule has 0 saturated carbocycles. The van der Waals surface area contributed by atoms with E-state index in [1.807, 2.05) is 6.07 Å². The Bertz CT molecular complexity index is 613. The minimum absolute atomic E-state index is 0.0278. The summed E-state index contributed by atoms with van der Waals surface area (Å²) in [6, 6.07) is 5.40. The van der Waals surface area contributed by atoms with Crippen molar-refractivity contribution in [2.45, 2.75) is 0 Å². The predicted molar refractivity (Wildman–Crippen MR) is 80.1 cm³/mol. The second-order valence-electron chi connectivity index (χ2n) is 4.97. The summed E-state index contributed by atoms with van der Waals surface area (Å²) in [7, 11) is -1.46. The molecule has 0 aromatic heterocycles. The second-order valence-corrected chi connectivity index (χ2v) is 7.23. The van der Waals surface area contributed by atoms with Crippen molar-refractivity contribution in [3.05, 3.63) is 23.8 Å². The Kier molecular flexibility index (Phi) is 4.17. The smallest absolute Gasteiger partial charge is 0.253 e. The number of benzene rings is 1. The molecule has 110 valence electrons. The molecule has 0 atom stereocenters. The van der Waals surface area contributed by atoms with Crippen molar-refractivity contribution in [3.63, 3.8) is 0 Å². The van der Waals surface area contributed by atoms with Crippen LogP contribution in [-0.2, 0) is 9.84 Å². The van der Waals surface area contributed by atoms with E-state index in [2.05, 4.69) is 10.6 Å². The van der Waals surface area contributed by atoms with Gasteiger partial charge in [-0.2, -0.15) is 0 Å². The Hall–Kier alpha value is -1.76. The maximum atomic E-state index is 12.2. The van der Waals surface area contributed by atoms with E-state index in [1.165, 1.54) is 11.2 Å². The first-order valence-corrected chi connectivity index (χ1v) is 8.48. The van der Waals surface area contributed by atoms with Crippen molar-refractivity contribution in [1.29, 1.82) is 0 Å². The SMILES string of the molecule is CN(CCS(C)(=O)=O)C(=O)c1ccc2c(c1)NCCN2. The molecule has 7 heteroatoms. The third-order valence-corrected chi connectivity index (χ3v) is 4.09. The number of hydrogen-bond donors (Lipinski definition) is 2. The predicted octanol–water partition coefficient (Wildman–Crippen LogP) is 0.641. The number of nitrogens with zero attached hydrogens (tertiary/aromatic N) is 1. The monoisotopic (exact) mass is 297 g/mol. The van der Waals surface area contributed by atoms with E-state index >= 15 is 0 Å². The van der Waals surface area contributed by atoms with Gasteiger partial charge in [0.05, 0.1) is 17.1 Å². The summed E-state index contributed by atoms with van der Waals surface area (Å²) < 4.78 is 22.3. The number of hydrogen-bond acceptors (Lipinski definition) is 5. The first-order chi connectivity index (χ1) is 9.37. The lowest BCUT2D eigenvalue weighted by atomic mass is 10.1. The van der Waals surface area contributed by atoms with Crippen LogP contribution in [0.2, 0.25) is 0 Å². The molecule has 1 aliphatic heterocycles. The van der Waals surface area contributed by atoms with Gasteiger partial charge in [-0.25, -0.2) is 8.42 Å². The van der Waals surface area contributed by atoms with Crippen molar-refractivity contribution in [2.75, 3.05) is 49.3 Å². The van der Waals surface area contributed by atoms with Gasteiger partial charge in [-0.3, -0.25) is 4.79 Å². The topological polar surface area (TPSA) is 78.5 Å². The van der Waals surface area contributed by atoms with Crippen LogP contribution >= 0.6 is 0 Å². The average molecular weight is 297 g/mol. The van der Waals surface area contributed by atoms with Crippen LogP contribution in [0.25, 0.3) is 0 Å². The molecule has 1 aromatic carbocycles. The zero-order valence-electron chi connectivity index (χ0n) is 11.6. The maximum absolute atomic E-state index is 12.2. The second kappa shape index (κ2) is 5.70. The quantitative estimate of drug-likeness (QED) is 0.853. The van der Waals surface area contributed by atoms with Crippen molar-refractivity contribution in [3.8, 4) is 0 Å². The number of carbonyl (C=O) groups is 1. The number of fused-ring (bicyclic) bond motifs is 1. The molecule has 2 N–H and O–H groups in total. The van der Waals surface area contributed by atoms with Crippen molar-refractivity contribution >= 4 is 27.1 Å².